The summed E-state index contributed by atoms with van der Waals surface area (Å²) in [6.45, 7) is 1.63. The lowest BCUT2D eigenvalue weighted by Gasteiger charge is -2.13. The van der Waals surface area contributed by atoms with Crippen LogP contribution in [0.25, 0.3) is 0 Å². The number of carbonyl (C=O) groups is 1. The number of aromatic nitrogens is 1. The van der Waals surface area contributed by atoms with Crippen molar-refractivity contribution in [3.8, 4) is 11.6 Å². The number of rotatable bonds is 4. The number of carboxylic acids is 1. The fraction of sp³-hybridized carbons (Fsp3) is 0.143. The van der Waals surface area contributed by atoms with Crippen molar-refractivity contribution in [2.24, 2.45) is 0 Å². The monoisotopic (exact) mass is 243 g/mol. The van der Waals surface area contributed by atoms with Crippen molar-refractivity contribution >= 4 is 5.97 Å². The molecular weight excluding hydrogens is 230 g/mol. The minimum Gasteiger partial charge on any atom is -0.481 e. The molecule has 92 valence electrons. The normalized spacial score (nSPS) is 11.8. The van der Waals surface area contributed by atoms with Crippen molar-refractivity contribution in [2.75, 3.05) is 0 Å². The molecule has 0 aliphatic heterocycles. The van der Waals surface area contributed by atoms with Gasteiger partial charge in [0.15, 0.2) is 0 Å². The first-order chi connectivity index (χ1) is 8.68. The van der Waals surface area contributed by atoms with E-state index >= 15 is 0 Å². The van der Waals surface area contributed by atoms with E-state index in [0.717, 1.165) is 0 Å². The van der Waals surface area contributed by atoms with Crippen molar-refractivity contribution in [1.29, 1.82) is 0 Å². The Kier molecular flexibility index (Phi) is 3.57. The highest BCUT2D eigenvalue weighted by atomic mass is 16.5. The molecule has 0 bridgehead atoms. The number of hydrogen-bond donors (Lipinski definition) is 1. The molecule has 0 saturated carbocycles. The highest BCUT2D eigenvalue weighted by molar-refractivity contribution is 5.76. The molecular formula is C14H13NO3. The first-order valence-corrected chi connectivity index (χ1v) is 5.59. The van der Waals surface area contributed by atoms with Crippen LogP contribution < -0.4 is 4.74 Å². The van der Waals surface area contributed by atoms with Crippen LogP contribution in [0.15, 0.2) is 48.7 Å². The number of para-hydroxylation sites is 1. The fourth-order valence-electron chi connectivity index (χ4n) is 1.58. The highest BCUT2D eigenvalue weighted by Crippen LogP contribution is 2.29. The molecule has 0 aliphatic rings. The number of nitrogens with zero attached hydrogens (tertiary/aromatic N) is 1. The summed E-state index contributed by atoms with van der Waals surface area (Å²) in [6.07, 6.45) is 1.62. The Bertz CT molecular complexity index is 540. The molecule has 0 amide bonds. The van der Waals surface area contributed by atoms with E-state index in [1.54, 1.807) is 49.5 Å². The molecule has 1 unspecified atom stereocenters. The minimum absolute atomic E-state index is 0.447. The van der Waals surface area contributed by atoms with Crippen LogP contribution in [0.4, 0.5) is 0 Å². The summed E-state index contributed by atoms with van der Waals surface area (Å²) in [4.78, 5) is 15.1. The molecule has 0 fully saturated rings. The van der Waals surface area contributed by atoms with Crippen LogP contribution in [0.3, 0.4) is 0 Å². The maximum Gasteiger partial charge on any atom is 0.310 e. The highest BCUT2D eigenvalue weighted by Gasteiger charge is 2.18. The molecule has 0 spiro atoms. The first-order valence-electron chi connectivity index (χ1n) is 5.59. The molecule has 4 nitrogen and oxygen atoms in total. The Morgan fingerprint density at radius 2 is 1.94 bits per heavy atom. The van der Waals surface area contributed by atoms with E-state index in [-0.39, 0.29) is 0 Å². The summed E-state index contributed by atoms with van der Waals surface area (Å²) in [5.74, 6) is -0.536. The van der Waals surface area contributed by atoms with E-state index in [2.05, 4.69) is 4.98 Å². The number of hydrogen-bond acceptors (Lipinski definition) is 3. The van der Waals surface area contributed by atoms with Gasteiger partial charge in [0.2, 0.25) is 5.88 Å². The summed E-state index contributed by atoms with van der Waals surface area (Å²) in [7, 11) is 0. The zero-order valence-corrected chi connectivity index (χ0v) is 9.91. The maximum absolute atomic E-state index is 11.0. The quantitative estimate of drug-likeness (QED) is 0.896. The van der Waals surface area contributed by atoms with Crippen molar-refractivity contribution < 1.29 is 14.6 Å². The third-order valence-corrected chi connectivity index (χ3v) is 2.61. The molecule has 4 heteroatoms. The second kappa shape index (κ2) is 5.31. The van der Waals surface area contributed by atoms with Gasteiger partial charge in [-0.05, 0) is 19.1 Å². The molecule has 1 heterocycles. The minimum atomic E-state index is -0.882. The molecule has 2 rings (SSSR count). The van der Waals surface area contributed by atoms with Crippen LogP contribution in [-0.4, -0.2) is 16.1 Å². The lowest BCUT2D eigenvalue weighted by Crippen LogP contribution is -2.08. The van der Waals surface area contributed by atoms with Gasteiger partial charge in [0.25, 0.3) is 0 Å². The van der Waals surface area contributed by atoms with Crippen molar-refractivity contribution in [1.82, 2.24) is 4.98 Å². The molecule has 1 atom stereocenters. The van der Waals surface area contributed by atoms with Gasteiger partial charge in [-0.1, -0.05) is 24.3 Å². The molecule has 0 saturated heterocycles. The first kappa shape index (κ1) is 12.1. The molecule has 1 N–H and O–H groups in total. The topological polar surface area (TPSA) is 59.4 Å². The van der Waals surface area contributed by atoms with E-state index in [1.165, 1.54) is 0 Å². The van der Waals surface area contributed by atoms with Gasteiger partial charge in [0.1, 0.15) is 5.75 Å². The van der Waals surface area contributed by atoms with Gasteiger partial charge in [-0.3, -0.25) is 4.79 Å². The Morgan fingerprint density at radius 1 is 1.22 bits per heavy atom. The zero-order chi connectivity index (χ0) is 13.0. The van der Waals surface area contributed by atoms with Crippen LogP contribution in [-0.2, 0) is 4.79 Å². The lowest BCUT2D eigenvalue weighted by atomic mass is 10.0. The average molecular weight is 243 g/mol. The Labute approximate surface area is 105 Å². The zero-order valence-electron chi connectivity index (χ0n) is 9.91. The Balaban J connectivity index is 2.31. The predicted molar refractivity (Wildman–Crippen MR) is 66.8 cm³/mol. The summed E-state index contributed by atoms with van der Waals surface area (Å²) in [6, 6.07) is 12.4. The second-order valence-corrected chi connectivity index (χ2v) is 3.87. The van der Waals surface area contributed by atoms with Crippen molar-refractivity contribution in [3.63, 3.8) is 0 Å². The number of aliphatic carboxylic acids is 1. The third-order valence-electron chi connectivity index (χ3n) is 2.61. The van der Waals surface area contributed by atoms with E-state index in [9.17, 15) is 4.79 Å². The number of carboxylic acid groups (broad SMARTS) is 1. The third kappa shape index (κ3) is 2.66. The molecule has 2 aromatic rings. The van der Waals surface area contributed by atoms with Gasteiger partial charge in [-0.2, -0.15) is 0 Å². The maximum atomic E-state index is 11.0. The van der Waals surface area contributed by atoms with Crippen molar-refractivity contribution in [3.05, 3.63) is 54.2 Å². The molecule has 0 aliphatic carbocycles. The molecule has 1 aromatic carbocycles. The van der Waals surface area contributed by atoms with E-state index in [1.807, 2.05) is 6.07 Å². The number of pyridine rings is 1. The van der Waals surface area contributed by atoms with Crippen LogP contribution in [0, 0.1) is 0 Å². The average Bonchev–Trinajstić information content (AvgIpc) is 2.39. The van der Waals surface area contributed by atoms with E-state index in [4.69, 9.17) is 9.84 Å². The van der Waals surface area contributed by atoms with Gasteiger partial charge in [0, 0.05) is 17.8 Å². The van der Waals surface area contributed by atoms with Gasteiger partial charge in [-0.15, -0.1) is 0 Å². The summed E-state index contributed by atoms with van der Waals surface area (Å²) in [5.41, 5.74) is 0.635. The Hall–Kier alpha value is -2.36. The van der Waals surface area contributed by atoms with Crippen LogP contribution in [0.5, 0.6) is 11.6 Å². The fourth-order valence-corrected chi connectivity index (χ4v) is 1.58. The Morgan fingerprint density at radius 3 is 2.61 bits per heavy atom. The number of ether oxygens (including phenoxy) is 1. The van der Waals surface area contributed by atoms with Crippen LogP contribution in [0.1, 0.15) is 18.4 Å². The number of benzene rings is 1. The van der Waals surface area contributed by atoms with Crippen molar-refractivity contribution in [2.45, 2.75) is 12.8 Å². The molecule has 0 radical (unpaired) electrons. The summed E-state index contributed by atoms with van der Waals surface area (Å²) < 4.78 is 5.61. The van der Waals surface area contributed by atoms with Gasteiger partial charge in [0.05, 0.1) is 5.92 Å². The van der Waals surface area contributed by atoms with Crippen LogP contribution >= 0.6 is 0 Å². The molecule has 1 aromatic heterocycles. The summed E-state index contributed by atoms with van der Waals surface area (Å²) in [5, 5.41) is 9.05. The second-order valence-electron chi connectivity index (χ2n) is 3.87. The SMILES string of the molecule is CC(C(=O)O)c1ccccc1Oc1ccccn1. The smallest absolute Gasteiger partial charge is 0.310 e. The van der Waals surface area contributed by atoms with E-state index in [0.29, 0.717) is 17.2 Å². The van der Waals surface area contributed by atoms with Crippen LogP contribution in [0.2, 0.25) is 0 Å². The van der Waals surface area contributed by atoms with E-state index < -0.39 is 11.9 Å². The van der Waals surface area contributed by atoms with Gasteiger partial charge in [-0.25, -0.2) is 4.98 Å². The summed E-state index contributed by atoms with van der Waals surface area (Å²) >= 11 is 0. The van der Waals surface area contributed by atoms with Gasteiger partial charge >= 0.3 is 5.97 Å². The predicted octanol–water partition coefficient (Wildman–Crippen LogP) is 3.06. The lowest BCUT2D eigenvalue weighted by molar-refractivity contribution is -0.138. The standard InChI is InChI=1S/C14H13NO3/c1-10(14(16)17)11-6-2-3-7-12(11)18-13-8-4-5-9-15-13/h2-10H,1H3,(H,16,17). The van der Waals surface area contributed by atoms with Gasteiger partial charge < -0.3 is 9.84 Å². The largest absolute Gasteiger partial charge is 0.481 e. The molecule has 18 heavy (non-hydrogen) atoms.